The molecule has 2 saturated heterocycles. The van der Waals surface area contributed by atoms with Gasteiger partial charge in [-0.15, -0.1) is 0 Å². The Morgan fingerprint density at radius 1 is 1.25 bits per heavy atom. The van der Waals surface area contributed by atoms with Crippen molar-refractivity contribution in [3.63, 3.8) is 0 Å². The van der Waals surface area contributed by atoms with Gasteiger partial charge in [-0.1, -0.05) is 12.1 Å². The highest BCUT2D eigenvalue weighted by Crippen LogP contribution is 2.24. The van der Waals surface area contributed by atoms with Crippen LogP contribution < -0.4 is 5.32 Å². The minimum absolute atomic E-state index is 0.153. The summed E-state index contributed by atoms with van der Waals surface area (Å²) < 4.78 is 0. The largest absolute Gasteiger partial charge is 0.508 e. The van der Waals surface area contributed by atoms with Crippen molar-refractivity contribution in [2.24, 2.45) is 0 Å². The Balaban J connectivity index is 1.76. The average molecular weight is 276 g/mol. The average Bonchev–Trinajstić information content (AvgIpc) is 2.81. The van der Waals surface area contributed by atoms with Gasteiger partial charge in [0.15, 0.2) is 0 Å². The predicted octanol–water partition coefficient (Wildman–Crippen LogP) is -0.605. The van der Waals surface area contributed by atoms with Gasteiger partial charge in [0.1, 0.15) is 17.8 Å². The first kappa shape index (κ1) is 12.9. The second-order valence-corrected chi connectivity index (χ2v) is 5.33. The van der Waals surface area contributed by atoms with E-state index < -0.39 is 18.2 Å². The minimum atomic E-state index is -0.623. The number of phenolic OH excluding ortho intramolecular Hbond substituents is 1. The Morgan fingerprint density at radius 2 is 1.95 bits per heavy atom. The number of hydrogen-bond donors (Lipinski definition) is 3. The number of carbonyl (C=O) groups excluding carboxylic acids is 2. The molecule has 3 rings (SSSR count). The maximum absolute atomic E-state index is 12.3. The van der Waals surface area contributed by atoms with Crippen LogP contribution in [0, 0.1) is 0 Å². The Labute approximate surface area is 116 Å². The number of hydrogen-bond acceptors (Lipinski definition) is 4. The number of amides is 2. The van der Waals surface area contributed by atoms with E-state index in [9.17, 15) is 19.8 Å². The molecule has 0 spiro atoms. The molecular weight excluding hydrogens is 260 g/mol. The fourth-order valence-corrected chi connectivity index (χ4v) is 2.84. The number of phenols is 1. The van der Waals surface area contributed by atoms with E-state index in [0.29, 0.717) is 12.8 Å². The van der Waals surface area contributed by atoms with Crippen LogP contribution in [0.25, 0.3) is 0 Å². The molecule has 20 heavy (non-hydrogen) atoms. The summed E-state index contributed by atoms with van der Waals surface area (Å²) in [5, 5.41) is 21.6. The number of aliphatic hydroxyl groups is 1. The fourth-order valence-electron chi connectivity index (χ4n) is 2.84. The molecule has 1 aromatic rings. The molecule has 2 aliphatic rings. The van der Waals surface area contributed by atoms with E-state index in [4.69, 9.17) is 0 Å². The monoisotopic (exact) mass is 276 g/mol. The van der Waals surface area contributed by atoms with Crippen LogP contribution in [0.2, 0.25) is 0 Å². The van der Waals surface area contributed by atoms with Crippen molar-refractivity contribution in [1.82, 2.24) is 10.2 Å². The zero-order chi connectivity index (χ0) is 14.3. The van der Waals surface area contributed by atoms with Gasteiger partial charge in [-0.2, -0.15) is 0 Å². The quantitative estimate of drug-likeness (QED) is 0.672. The van der Waals surface area contributed by atoms with Crippen LogP contribution in [0.5, 0.6) is 5.75 Å². The van der Waals surface area contributed by atoms with Crippen molar-refractivity contribution >= 4 is 11.8 Å². The van der Waals surface area contributed by atoms with Gasteiger partial charge in [0, 0.05) is 19.4 Å². The Morgan fingerprint density at radius 3 is 2.65 bits per heavy atom. The van der Waals surface area contributed by atoms with Crippen molar-refractivity contribution in [2.45, 2.75) is 31.0 Å². The number of nitrogens with one attached hydrogen (secondary N) is 1. The molecule has 0 aliphatic carbocycles. The molecule has 0 unspecified atom stereocenters. The highest BCUT2D eigenvalue weighted by molar-refractivity contribution is 5.97. The summed E-state index contributed by atoms with van der Waals surface area (Å²) in [6.45, 7) is 0.225. The van der Waals surface area contributed by atoms with E-state index in [-0.39, 0.29) is 24.1 Å². The summed E-state index contributed by atoms with van der Waals surface area (Å²) in [6, 6.07) is 5.40. The van der Waals surface area contributed by atoms with Gasteiger partial charge in [-0.25, -0.2) is 0 Å². The topological polar surface area (TPSA) is 89.9 Å². The molecule has 2 fully saturated rings. The third-order valence-corrected chi connectivity index (χ3v) is 3.86. The molecular formula is C14H16N2O4. The predicted molar refractivity (Wildman–Crippen MR) is 69.9 cm³/mol. The molecule has 1 aromatic carbocycles. The summed E-state index contributed by atoms with van der Waals surface area (Å²) in [6.07, 6.45) is 0.0651. The molecule has 0 saturated carbocycles. The highest BCUT2D eigenvalue weighted by Gasteiger charge is 2.45. The van der Waals surface area contributed by atoms with Gasteiger partial charge in [0.05, 0.1) is 6.10 Å². The van der Waals surface area contributed by atoms with Crippen LogP contribution in [0.1, 0.15) is 12.0 Å². The molecule has 2 amide bonds. The van der Waals surface area contributed by atoms with Crippen LogP contribution in [-0.4, -0.2) is 51.7 Å². The third kappa shape index (κ3) is 2.22. The van der Waals surface area contributed by atoms with Gasteiger partial charge in [0.2, 0.25) is 11.8 Å². The van der Waals surface area contributed by atoms with E-state index in [1.807, 2.05) is 0 Å². The smallest absolute Gasteiger partial charge is 0.246 e. The summed E-state index contributed by atoms with van der Waals surface area (Å²) in [5.41, 5.74) is 0.861. The van der Waals surface area contributed by atoms with E-state index in [2.05, 4.69) is 5.32 Å². The normalized spacial score (nSPS) is 29.2. The van der Waals surface area contributed by atoms with Crippen LogP contribution in [-0.2, 0) is 16.0 Å². The Kier molecular flexibility index (Phi) is 3.10. The Hall–Kier alpha value is -2.08. The van der Waals surface area contributed by atoms with Crippen LogP contribution in [0.15, 0.2) is 24.3 Å². The standard InChI is InChI=1S/C14H16N2O4/c17-9-3-1-8(2-4-9)5-11-14(20)16-7-10(18)6-12(16)13(19)15-11/h1-4,10-12,17-18H,5-7H2,(H,15,19)/t10-,11-,12-/m1/s1. The van der Waals surface area contributed by atoms with Crippen molar-refractivity contribution < 1.29 is 19.8 Å². The zero-order valence-corrected chi connectivity index (χ0v) is 10.8. The lowest BCUT2D eigenvalue weighted by Gasteiger charge is -2.34. The number of aliphatic hydroxyl groups excluding tert-OH is 1. The van der Waals surface area contributed by atoms with Crippen molar-refractivity contribution in [1.29, 1.82) is 0 Å². The van der Waals surface area contributed by atoms with E-state index >= 15 is 0 Å². The minimum Gasteiger partial charge on any atom is -0.508 e. The molecule has 3 N–H and O–H groups in total. The number of carbonyl (C=O) groups is 2. The first-order valence-electron chi connectivity index (χ1n) is 6.61. The first-order chi connectivity index (χ1) is 9.54. The first-order valence-corrected chi connectivity index (χ1v) is 6.61. The summed E-state index contributed by atoms with van der Waals surface area (Å²) in [4.78, 5) is 25.8. The van der Waals surface area contributed by atoms with Gasteiger partial charge >= 0.3 is 0 Å². The summed E-state index contributed by atoms with van der Waals surface area (Å²) >= 11 is 0. The number of fused-ring (bicyclic) bond motifs is 1. The lowest BCUT2D eigenvalue weighted by atomic mass is 10.0. The Bertz CT molecular complexity index is 543. The zero-order valence-electron chi connectivity index (χ0n) is 10.8. The molecule has 2 aliphatic heterocycles. The van der Waals surface area contributed by atoms with Crippen LogP contribution in [0.3, 0.4) is 0 Å². The van der Waals surface area contributed by atoms with Crippen LogP contribution >= 0.6 is 0 Å². The molecule has 0 radical (unpaired) electrons. The fraction of sp³-hybridized carbons (Fsp3) is 0.429. The van der Waals surface area contributed by atoms with E-state index in [1.54, 1.807) is 24.3 Å². The van der Waals surface area contributed by atoms with Crippen molar-refractivity contribution in [3.8, 4) is 5.75 Å². The molecule has 0 bridgehead atoms. The summed E-state index contributed by atoms with van der Waals surface area (Å²) in [5.74, 6) is -0.195. The number of nitrogens with zero attached hydrogens (tertiary/aromatic N) is 1. The second-order valence-electron chi connectivity index (χ2n) is 5.33. The number of aromatic hydroxyl groups is 1. The lowest BCUT2D eigenvalue weighted by Crippen LogP contribution is -2.61. The molecule has 6 nitrogen and oxygen atoms in total. The lowest BCUT2D eigenvalue weighted by molar-refractivity contribution is -0.147. The van der Waals surface area contributed by atoms with Crippen LogP contribution in [0.4, 0.5) is 0 Å². The molecule has 6 heteroatoms. The SMILES string of the molecule is O=C1N[C@H](Cc2ccc(O)cc2)C(=O)N2C[C@H](O)C[C@H]12. The maximum Gasteiger partial charge on any atom is 0.246 e. The third-order valence-electron chi connectivity index (χ3n) is 3.86. The molecule has 2 heterocycles. The van der Waals surface area contributed by atoms with E-state index in [1.165, 1.54) is 4.90 Å². The van der Waals surface area contributed by atoms with Crippen molar-refractivity contribution in [2.75, 3.05) is 6.54 Å². The maximum atomic E-state index is 12.3. The van der Waals surface area contributed by atoms with E-state index in [0.717, 1.165) is 5.56 Å². The highest BCUT2D eigenvalue weighted by atomic mass is 16.3. The van der Waals surface area contributed by atoms with Gasteiger partial charge in [-0.05, 0) is 17.7 Å². The number of benzene rings is 1. The number of rotatable bonds is 2. The van der Waals surface area contributed by atoms with Gasteiger partial charge in [0.25, 0.3) is 0 Å². The second kappa shape index (κ2) is 4.79. The number of piperazine rings is 1. The summed E-state index contributed by atoms with van der Waals surface area (Å²) in [7, 11) is 0. The molecule has 0 aromatic heterocycles. The molecule has 106 valence electrons. The molecule has 3 atom stereocenters. The van der Waals surface area contributed by atoms with Crippen molar-refractivity contribution in [3.05, 3.63) is 29.8 Å². The van der Waals surface area contributed by atoms with Gasteiger partial charge < -0.3 is 20.4 Å². The van der Waals surface area contributed by atoms with Gasteiger partial charge in [-0.3, -0.25) is 9.59 Å².